The molecule has 0 radical (unpaired) electrons. The van der Waals surface area contributed by atoms with Crippen LogP contribution in [0.5, 0.6) is 0 Å². The second-order valence-electron chi connectivity index (χ2n) is 3.55. The van der Waals surface area contributed by atoms with Crippen molar-refractivity contribution < 1.29 is 0 Å². The number of aliphatic imine (C=N–C) groups is 1. The molecular formula is C10H15N. The van der Waals surface area contributed by atoms with E-state index in [1.807, 2.05) is 6.21 Å². The van der Waals surface area contributed by atoms with Crippen molar-refractivity contribution in [2.45, 2.75) is 38.1 Å². The molecule has 1 heterocycles. The molecular weight excluding hydrogens is 134 g/mol. The molecule has 0 aromatic rings. The van der Waals surface area contributed by atoms with Gasteiger partial charge in [-0.25, -0.2) is 0 Å². The van der Waals surface area contributed by atoms with Gasteiger partial charge in [0.15, 0.2) is 0 Å². The third-order valence-corrected chi connectivity index (χ3v) is 2.75. The molecule has 0 amide bonds. The largest absolute Gasteiger partial charge is 0.289 e. The number of fused-ring (bicyclic) bond motifs is 1. The first-order valence-corrected chi connectivity index (χ1v) is 4.67. The van der Waals surface area contributed by atoms with E-state index in [0.29, 0.717) is 6.04 Å². The number of hydrogen-bond donors (Lipinski definition) is 0. The molecule has 1 heteroatoms. The zero-order chi connectivity index (χ0) is 7.52. The van der Waals surface area contributed by atoms with E-state index in [-0.39, 0.29) is 0 Å². The van der Waals surface area contributed by atoms with Crippen molar-refractivity contribution in [1.82, 2.24) is 0 Å². The summed E-state index contributed by atoms with van der Waals surface area (Å²) in [5.41, 5.74) is 0. The van der Waals surface area contributed by atoms with Crippen LogP contribution in [-0.4, -0.2) is 12.3 Å². The lowest BCUT2D eigenvalue weighted by molar-refractivity contribution is 0.476. The molecule has 1 fully saturated rings. The Bertz CT molecular complexity index is 161. The van der Waals surface area contributed by atoms with E-state index in [1.165, 1.54) is 32.1 Å². The molecule has 2 unspecified atom stereocenters. The SMILES string of the molecule is C1=CC2CCCCCC2N=C1. The summed E-state index contributed by atoms with van der Waals surface area (Å²) < 4.78 is 0. The maximum atomic E-state index is 4.50. The number of rotatable bonds is 0. The van der Waals surface area contributed by atoms with Crippen LogP contribution in [0.25, 0.3) is 0 Å². The minimum atomic E-state index is 0.627. The van der Waals surface area contributed by atoms with Gasteiger partial charge in [-0.1, -0.05) is 25.3 Å². The first kappa shape index (κ1) is 7.08. The van der Waals surface area contributed by atoms with Crippen LogP contribution in [0.3, 0.4) is 0 Å². The molecule has 1 aliphatic carbocycles. The van der Waals surface area contributed by atoms with Crippen molar-refractivity contribution in [3.63, 3.8) is 0 Å². The molecule has 1 nitrogen and oxygen atoms in total. The molecule has 2 aliphatic rings. The number of hydrogen-bond acceptors (Lipinski definition) is 1. The second-order valence-corrected chi connectivity index (χ2v) is 3.55. The highest BCUT2D eigenvalue weighted by Gasteiger charge is 2.21. The molecule has 0 bridgehead atoms. The van der Waals surface area contributed by atoms with Gasteiger partial charge in [-0.3, -0.25) is 4.99 Å². The van der Waals surface area contributed by atoms with Crippen molar-refractivity contribution in [2.75, 3.05) is 0 Å². The minimum Gasteiger partial charge on any atom is -0.289 e. The Balaban J connectivity index is 2.07. The molecule has 60 valence electrons. The van der Waals surface area contributed by atoms with Gasteiger partial charge in [0, 0.05) is 6.21 Å². The van der Waals surface area contributed by atoms with Gasteiger partial charge in [0.2, 0.25) is 0 Å². The van der Waals surface area contributed by atoms with Gasteiger partial charge in [-0.05, 0) is 24.8 Å². The summed E-state index contributed by atoms with van der Waals surface area (Å²) in [5.74, 6) is 0.766. The minimum absolute atomic E-state index is 0.627. The maximum absolute atomic E-state index is 4.50. The number of dihydropyridines is 1. The molecule has 0 saturated heterocycles. The summed E-state index contributed by atoms with van der Waals surface area (Å²) in [6.07, 6.45) is 13.3. The Morgan fingerprint density at radius 3 is 3.00 bits per heavy atom. The molecule has 2 atom stereocenters. The smallest absolute Gasteiger partial charge is 0.0562 e. The average molecular weight is 149 g/mol. The lowest BCUT2D eigenvalue weighted by Gasteiger charge is -2.19. The van der Waals surface area contributed by atoms with E-state index >= 15 is 0 Å². The summed E-state index contributed by atoms with van der Waals surface area (Å²) in [7, 11) is 0. The Morgan fingerprint density at radius 1 is 1.09 bits per heavy atom. The molecule has 11 heavy (non-hydrogen) atoms. The average Bonchev–Trinajstić information content (AvgIpc) is 2.28. The van der Waals surface area contributed by atoms with Crippen LogP contribution in [0.2, 0.25) is 0 Å². The standard InChI is InChI=1S/C10H15N/c1-2-5-9-6-4-8-11-10(9)7-3-1/h4,6,8-10H,1-3,5,7H2. The van der Waals surface area contributed by atoms with E-state index in [1.54, 1.807) is 0 Å². The fraction of sp³-hybridized carbons (Fsp3) is 0.700. The van der Waals surface area contributed by atoms with Gasteiger partial charge in [0.1, 0.15) is 0 Å². The predicted octanol–water partition coefficient (Wildman–Crippen LogP) is 2.58. The zero-order valence-electron chi connectivity index (χ0n) is 6.87. The Hall–Kier alpha value is -0.590. The van der Waals surface area contributed by atoms with Gasteiger partial charge in [-0.2, -0.15) is 0 Å². The van der Waals surface area contributed by atoms with Gasteiger partial charge in [0.05, 0.1) is 6.04 Å². The molecule has 1 aliphatic heterocycles. The zero-order valence-corrected chi connectivity index (χ0v) is 6.87. The van der Waals surface area contributed by atoms with Crippen molar-refractivity contribution in [1.29, 1.82) is 0 Å². The third-order valence-electron chi connectivity index (χ3n) is 2.75. The van der Waals surface area contributed by atoms with Crippen molar-refractivity contribution in [3.8, 4) is 0 Å². The van der Waals surface area contributed by atoms with Crippen molar-refractivity contribution in [2.24, 2.45) is 10.9 Å². The molecule has 0 spiro atoms. The fourth-order valence-electron chi connectivity index (χ4n) is 2.08. The van der Waals surface area contributed by atoms with Crippen LogP contribution in [0, 0.1) is 5.92 Å². The van der Waals surface area contributed by atoms with Crippen molar-refractivity contribution >= 4 is 6.21 Å². The summed E-state index contributed by atoms with van der Waals surface area (Å²) in [6.45, 7) is 0. The van der Waals surface area contributed by atoms with Gasteiger partial charge < -0.3 is 0 Å². The monoisotopic (exact) mass is 149 g/mol. The van der Waals surface area contributed by atoms with E-state index < -0.39 is 0 Å². The summed E-state index contributed by atoms with van der Waals surface area (Å²) in [5, 5.41) is 0. The van der Waals surface area contributed by atoms with Gasteiger partial charge in [-0.15, -0.1) is 0 Å². The lowest BCUT2D eigenvalue weighted by atomic mass is 9.93. The van der Waals surface area contributed by atoms with Crippen LogP contribution >= 0.6 is 0 Å². The van der Waals surface area contributed by atoms with Crippen LogP contribution in [0.4, 0.5) is 0 Å². The highest BCUT2D eigenvalue weighted by molar-refractivity contribution is 5.72. The topological polar surface area (TPSA) is 12.4 Å². The Kier molecular flexibility index (Phi) is 2.06. The first-order chi connectivity index (χ1) is 5.47. The Labute approximate surface area is 68.2 Å². The maximum Gasteiger partial charge on any atom is 0.0562 e. The van der Waals surface area contributed by atoms with Crippen LogP contribution < -0.4 is 0 Å². The van der Waals surface area contributed by atoms with Gasteiger partial charge in [0.25, 0.3) is 0 Å². The van der Waals surface area contributed by atoms with E-state index in [0.717, 1.165) is 5.92 Å². The first-order valence-electron chi connectivity index (χ1n) is 4.67. The fourth-order valence-corrected chi connectivity index (χ4v) is 2.08. The molecule has 0 aromatic carbocycles. The highest BCUT2D eigenvalue weighted by Crippen LogP contribution is 2.27. The normalized spacial score (nSPS) is 36.4. The third kappa shape index (κ3) is 1.52. The molecule has 0 aromatic heterocycles. The van der Waals surface area contributed by atoms with Gasteiger partial charge >= 0.3 is 0 Å². The lowest BCUT2D eigenvalue weighted by Crippen LogP contribution is -2.17. The van der Waals surface area contributed by atoms with Crippen LogP contribution in [0.15, 0.2) is 17.1 Å². The molecule has 1 saturated carbocycles. The predicted molar refractivity (Wildman–Crippen MR) is 48.0 cm³/mol. The molecule has 2 rings (SSSR count). The Morgan fingerprint density at radius 2 is 2.00 bits per heavy atom. The van der Waals surface area contributed by atoms with Crippen LogP contribution in [0.1, 0.15) is 32.1 Å². The van der Waals surface area contributed by atoms with Crippen LogP contribution in [-0.2, 0) is 0 Å². The van der Waals surface area contributed by atoms with Crippen molar-refractivity contribution in [3.05, 3.63) is 12.2 Å². The number of allylic oxidation sites excluding steroid dienone is 1. The molecule has 0 N–H and O–H groups in total. The summed E-state index contributed by atoms with van der Waals surface area (Å²) >= 11 is 0. The quantitative estimate of drug-likeness (QED) is 0.502. The highest BCUT2D eigenvalue weighted by atomic mass is 14.8. The second kappa shape index (κ2) is 3.21. The summed E-state index contributed by atoms with van der Waals surface area (Å²) in [4.78, 5) is 4.50. The summed E-state index contributed by atoms with van der Waals surface area (Å²) in [6, 6.07) is 0.627. The van der Waals surface area contributed by atoms with E-state index in [2.05, 4.69) is 17.1 Å². The number of nitrogens with zero attached hydrogens (tertiary/aromatic N) is 1. The van der Waals surface area contributed by atoms with E-state index in [9.17, 15) is 0 Å². The van der Waals surface area contributed by atoms with E-state index in [4.69, 9.17) is 0 Å².